The molecule has 8 heteroatoms. The summed E-state index contributed by atoms with van der Waals surface area (Å²) >= 11 is 0. The number of nitrogens with one attached hydrogen (secondary N) is 1. The van der Waals surface area contributed by atoms with Crippen LogP contribution in [-0.2, 0) is 10.3 Å². The van der Waals surface area contributed by atoms with Gasteiger partial charge in [0.25, 0.3) is 0 Å². The Balaban J connectivity index is 1.62. The molecule has 0 radical (unpaired) electrons. The van der Waals surface area contributed by atoms with E-state index in [1.807, 2.05) is 35.3 Å². The molecule has 3 aromatic heterocycles. The third-order valence-electron chi connectivity index (χ3n) is 6.04. The number of rotatable bonds is 5. The standard InChI is InChI=1S/C22H21N7O/c1-30-16-9-22(10-16,4-5-23)29-13-15(11-27-29)18-7-14(19-12-26-28-21(19)24)8-20-17(18)3-2-6-25-20/h2-3,6-8,11-13,16H,4,9-10H2,1H3,(H3,24,26,28)/t16-,22-. The number of H-pyrrole nitrogens is 1. The minimum atomic E-state index is -0.311. The maximum atomic E-state index is 9.36. The predicted octanol–water partition coefficient (Wildman–Crippen LogP) is 3.49. The second-order valence-electron chi connectivity index (χ2n) is 7.78. The van der Waals surface area contributed by atoms with Crippen molar-refractivity contribution in [2.45, 2.75) is 30.9 Å². The van der Waals surface area contributed by atoms with E-state index < -0.39 is 0 Å². The van der Waals surface area contributed by atoms with E-state index in [-0.39, 0.29) is 11.6 Å². The molecular formula is C22H21N7O. The van der Waals surface area contributed by atoms with Crippen molar-refractivity contribution in [3.05, 3.63) is 49.1 Å². The number of aromatic nitrogens is 5. The molecule has 0 bridgehead atoms. The molecule has 0 saturated heterocycles. The molecule has 3 N–H and O–H groups in total. The third kappa shape index (κ3) is 2.83. The van der Waals surface area contributed by atoms with Gasteiger partial charge in [0.15, 0.2) is 5.82 Å². The molecule has 5 rings (SSSR count). The monoisotopic (exact) mass is 399 g/mol. The zero-order valence-electron chi connectivity index (χ0n) is 16.5. The van der Waals surface area contributed by atoms with Gasteiger partial charge >= 0.3 is 0 Å². The Kier molecular flexibility index (Phi) is 4.26. The van der Waals surface area contributed by atoms with Crippen LogP contribution in [0.3, 0.4) is 0 Å². The lowest BCUT2D eigenvalue weighted by Gasteiger charge is -2.45. The lowest BCUT2D eigenvalue weighted by atomic mass is 9.72. The van der Waals surface area contributed by atoms with Gasteiger partial charge in [0.1, 0.15) is 0 Å². The number of aromatic amines is 1. The number of ether oxygens (including phenoxy) is 1. The van der Waals surface area contributed by atoms with Crippen LogP contribution < -0.4 is 5.73 Å². The summed E-state index contributed by atoms with van der Waals surface area (Å²) in [6.45, 7) is 0. The van der Waals surface area contributed by atoms with E-state index in [2.05, 4.69) is 32.4 Å². The topological polar surface area (TPSA) is 118 Å². The summed E-state index contributed by atoms with van der Waals surface area (Å²) < 4.78 is 7.38. The van der Waals surface area contributed by atoms with E-state index in [1.54, 1.807) is 19.5 Å². The number of hydrogen-bond donors (Lipinski definition) is 2. The molecule has 0 unspecified atom stereocenters. The van der Waals surface area contributed by atoms with Crippen LogP contribution in [0, 0.1) is 11.3 Å². The molecule has 1 aliphatic carbocycles. The molecule has 0 atom stereocenters. The smallest absolute Gasteiger partial charge is 0.153 e. The average Bonchev–Trinajstić information content (AvgIpc) is 3.39. The number of benzene rings is 1. The Morgan fingerprint density at radius 3 is 2.93 bits per heavy atom. The molecule has 8 nitrogen and oxygen atoms in total. The molecule has 0 spiro atoms. The number of nitriles is 1. The second-order valence-corrected chi connectivity index (χ2v) is 7.78. The van der Waals surface area contributed by atoms with Crippen LogP contribution in [0.4, 0.5) is 5.82 Å². The van der Waals surface area contributed by atoms with Crippen LogP contribution in [0.15, 0.2) is 49.1 Å². The molecule has 4 aromatic rings. The van der Waals surface area contributed by atoms with Crippen molar-refractivity contribution in [2.75, 3.05) is 12.8 Å². The Morgan fingerprint density at radius 2 is 2.20 bits per heavy atom. The Hall–Kier alpha value is -3.70. The normalized spacial score (nSPS) is 20.7. The van der Waals surface area contributed by atoms with Gasteiger partial charge in [-0.2, -0.15) is 15.5 Å². The summed E-state index contributed by atoms with van der Waals surface area (Å²) in [5.41, 5.74) is 10.3. The van der Waals surface area contributed by atoms with E-state index in [4.69, 9.17) is 10.5 Å². The van der Waals surface area contributed by atoms with Gasteiger partial charge in [-0.1, -0.05) is 6.07 Å². The van der Waals surface area contributed by atoms with Crippen LogP contribution in [0.5, 0.6) is 0 Å². The average molecular weight is 399 g/mol. The summed E-state index contributed by atoms with van der Waals surface area (Å²) in [5, 5.41) is 21.9. The number of nitrogen functional groups attached to an aromatic ring is 1. The van der Waals surface area contributed by atoms with Gasteiger partial charge < -0.3 is 10.5 Å². The number of fused-ring (bicyclic) bond motifs is 1. The second kappa shape index (κ2) is 6.97. The fourth-order valence-electron chi connectivity index (χ4n) is 4.34. The molecular weight excluding hydrogens is 378 g/mol. The molecule has 0 aliphatic heterocycles. The van der Waals surface area contributed by atoms with Crippen LogP contribution in [-0.4, -0.2) is 38.2 Å². The molecule has 1 aromatic carbocycles. The van der Waals surface area contributed by atoms with Gasteiger partial charge in [0.05, 0.1) is 35.8 Å². The summed E-state index contributed by atoms with van der Waals surface area (Å²) in [6, 6.07) is 10.4. The summed E-state index contributed by atoms with van der Waals surface area (Å²) in [5.74, 6) is 0.444. The highest BCUT2D eigenvalue weighted by Crippen LogP contribution is 2.44. The van der Waals surface area contributed by atoms with Crippen LogP contribution in [0.1, 0.15) is 19.3 Å². The van der Waals surface area contributed by atoms with E-state index in [0.717, 1.165) is 46.0 Å². The fraction of sp³-hybridized carbons (Fsp3) is 0.273. The maximum absolute atomic E-state index is 9.36. The van der Waals surface area contributed by atoms with Crippen molar-refractivity contribution in [3.8, 4) is 28.3 Å². The minimum absolute atomic E-state index is 0.170. The molecule has 0 amide bonds. The number of nitrogens with zero attached hydrogens (tertiary/aromatic N) is 5. The number of hydrogen-bond acceptors (Lipinski definition) is 6. The van der Waals surface area contributed by atoms with Crippen molar-refractivity contribution in [1.82, 2.24) is 25.0 Å². The van der Waals surface area contributed by atoms with E-state index >= 15 is 0 Å². The highest BCUT2D eigenvalue weighted by Gasteiger charge is 2.46. The number of anilines is 1. The Bertz CT molecular complexity index is 1260. The van der Waals surface area contributed by atoms with Crippen LogP contribution in [0.25, 0.3) is 33.2 Å². The molecule has 1 fully saturated rings. The van der Waals surface area contributed by atoms with Crippen molar-refractivity contribution in [1.29, 1.82) is 5.26 Å². The molecule has 3 heterocycles. The van der Waals surface area contributed by atoms with Crippen LogP contribution in [0.2, 0.25) is 0 Å². The predicted molar refractivity (Wildman–Crippen MR) is 113 cm³/mol. The lowest BCUT2D eigenvalue weighted by Crippen LogP contribution is -2.50. The molecule has 1 saturated carbocycles. The van der Waals surface area contributed by atoms with Crippen molar-refractivity contribution < 1.29 is 4.74 Å². The van der Waals surface area contributed by atoms with Gasteiger partial charge in [-0.25, -0.2) is 0 Å². The fourth-order valence-corrected chi connectivity index (χ4v) is 4.34. The van der Waals surface area contributed by atoms with Gasteiger partial charge in [0.2, 0.25) is 0 Å². The minimum Gasteiger partial charge on any atom is -0.382 e. The van der Waals surface area contributed by atoms with Crippen molar-refractivity contribution >= 4 is 16.7 Å². The molecule has 150 valence electrons. The lowest BCUT2D eigenvalue weighted by molar-refractivity contribution is -0.0542. The molecule has 1 aliphatic rings. The maximum Gasteiger partial charge on any atom is 0.153 e. The summed E-state index contributed by atoms with van der Waals surface area (Å²) in [6.07, 6.45) is 9.58. The van der Waals surface area contributed by atoms with Gasteiger partial charge in [0, 0.05) is 42.2 Å². The SMILES string of the molecule is CO[C@H]1C[C@](CC#N)(n2cc(-c3cc(-c4c[nH]nc4N)cc4ncccc34)cn2)C1. The highest BCUT2D eigenvalue weighted by molar-refractivity contribution is 5.98. The first-order valence-electron chi connectivity index (χ1n) is 9.77. The first-order valence-corrected chi connectivity index (χ1v) is 9.77. The Labute approximate surface area is 173 Å². The summed E-state index contributed by atoms with van der Waals surface area (Å²) in [7, 11) is 1.71. The quantitative estimate of drug-likeness (QED) is 0.530. The highest BCUT2D eigenvalue weighted by atomic mass is 16.5. The zero-order chi connectivity index (χ0) is 20.7. The van der Waals surface area contributed by atoms with E-state index in [9.17, 15) is 5.26 Å². The number of nitrogens with two attached hydrogens (primary N) is 1. The summed E-state index contributed by atoms with van der Waals surface area (Å²) in [4.78, 5) is 4.54. The van der Waals surface area contributed by atoms with Gasteiger partial charge in [-0.05, 0) is 42.2 Å². The Morgan fingerprint density at radius 1 is 1.33 bits per heavy atom. The van der Waals surface area contributed by atoms with Crippen molar-refractivity contribution in [3.63, 3.8) is 0 Å². The number of pyridine rings is 1. The van der Waals surface area contributed by atoms with Gasteiger partial charge in [-0.15, -0.1) is 0 Å². The zero-order valence-corrected chi connectivity index (χ0v) is 16.5. The van der Waals surface area contributed by atoms with Crippen LogP contribution >= 0.6 is 0 Å². The van der Waals surface area contributed by atoms with E-state index in [1.165, 1.54) is 0 Å². The first kappa shape index (κ1) is 18.3. The van der Waals surface area contributed by atoms with Gasteiger partial charge in [-0.3, -0.25) is 14.8 Å². The first-order chi connectivity index (χ1) is 14.6. The molecule has 30 heavy (non-hydrogen) atoms. The third-order valence-corrected chi connectivity index (χ3v) is 6.04. The van der Waals surface area contributed by atoms with Crippen molar-refractivity contribution in [2.24, 2.45) is 0 Å². The number of methoxy groups -OCH3 is 1. The largest absolute Gasteiger partial charge is 0.382 e. The van der Waals surface area contributed by atoms with E-state index in [0.29, 0.717) is 12.2 Å².